The number of rotatable bonds is 5. The van der Waals surface area contributed by atoms with Crippen LogP contribution in [-0.2, 0) is 0 Å². The lowest BCUT2D eigenvalue weighted by Gasteiger charge is -2.10. The van der Waals surface area contributed by atoms with Crippen molar-refractivity contribution in [1.82, 2.24) is 10.2 Å². The van der Waals surface area contributed by atoms with Crippen LogP contribution >= 0.6 is 0 Å². The third kappa shape index (κ3) is 3.04. The van der Waals surface area contributed by atoms with Gasteiger partial charge in [-0.05, 0) is 25.1 Å². The van der Waals surface area contributed by atoms with Gasteiger partial charge in [-0.1, -0.05) is 0 Å². The van der Waals surface area contributed by atoms with Crippen LogP contribution in [0.1, 0.15) is 17.3 Å². The third-order valence-corrected chi connectivity index (χ3v) is 2.48. The minimum atomic E-state index is -0.234. The summed E-state index contributed by atoms with van der Waals surface area (Å²) in [4.78, 5) is 12.0. The molecule has 1 heterocycles. The van der Waals surface area contributed by atoms with E-state index in [2.05, 4.69) is 15.5 Å². The van der Waals surface area contributed by atoms with Gasteiger partial charge >= 0.3 is 0 Å². The summed E-state index contributed by atoms with van der Waals surface area (Å²) in [6.45, 7) is 2.43. The number of ether oxygens (including phenoxy) is 2. The summed E-state index contributed by atoms with van der Waals surface area (Å²) in [5.41, 5.74) is 1.10. The van der Waals surface area contributed by atoms with Crippen LogP contribution in [-0.4, -0.2) is 29.8 Å². The van der Waals surface area contributed by atoms with Crippen LogP contribution in [0.5, 0.6) is 11.5 Å². The highest BCUT2D eigenvalue weighted by Crippen LogP contribution is 2.28. The lowest BCUT2D eigenvalue weighted by atomic mass is 10.2. The Balaban J connectivity index is 2.18. The molecule has 1 amide bonds. The molecule has 1 aromatic carbocycles. The van der Waals surface area contributed by atoms with Gasteiger partial charge in [0.05, 0.1) is 25.6 Å². The fourth-order valence-electron chi connectivity index (χ4n) is 1.61. The average Bonchev–Trinajstić information content (AvgIpc) is 2.92. The molecule has 0 saturated carbocycles. The van der Waals surface area contributed by atoms with Gasteiger partial charge in [0.1, 0.15) is 0 Å². The van der Waals surface area contributed by atoms with Crippen molar-refractivity contribution in [1.29, 1.82) is 0 Å². The first-order chi connectivity index (χ1) is 9.24. The van der Waals surface area contributed by atoms with Crippen LogP contribution < -0.4 is 14.8 Å². The highest BCUT2D eigenvalue weighted by atomic mass is 16.5. The number of nitrogens with zero attached hydrogens (tertiary/aromatic N) is 1. The van der Waals surface area contributed by atoms with Crippen LogP contribution in [0.3, 0.4) is 0 Å². The zero-order valence-corrected chi connectivity index (χ0v) is 10.8. The molecule has 0 spiro atoms. The Labute approximate surface area is 110 Å². The molecule has 0 aliphatic heterocycles. The first kappa shape index (κ1) is 12.9. The van der Waals surface area contributed by atoms with Crippen molar-refractivity contribution in [3.63, 3.8) is 0 Å². The van der Waals surface area contributed by atoms with Gasteiger partial charge in [-0.15, -0.1) is 0 Å². The fraction of sp³-hybridized carbons (Fsp3) is 0.231. The second-order valence-electron chi connectivity index (χ2n) is 3.74. The summed E-state index contributed by atoms with van der Waals surface area (Å²) < 4.78 is 10.6. The maximum absolute atomic E-state index is 12.0. The van der Waals surface area contributed by atoms with Gasteiger partial charge in [0, 0.05) is 11.8 Å². The van der Waals surface area contributed by atoms with Crippen molar-refractivity contribution in [2.45, 2.75) is 6.92 Å². The van der Waals surface area contributed by atoms with Gasteiger partial charge in [-0.3, -0.25) is 9.89 Å². The number of methoxy groups -OCH3 is 1. The second-order valence-corrected chi connectivity index (χ2v) is 3.74. The van der Waals surface area contributed by atoms with Crippen molar-refractivity contribution >= 4 is 11.6 Å². The maximum atomic E-state index is 12.0. The smallest absolute Gasteiger partial charge is 0.255 e. The fourth-order valence-corrected chi connectivity index (χ4v) is 1.61. The van der Waals surface area contributed by atoms with Crippen LogP contribution in [0.2, 0.25) is 0 Å². The second kappa shape index (κ2) is 5.90. The molecule has 0 saturated heterocycles. The minimum Gasteiger partial charge on any atom is -0.493 e. The monoisotopic (exact) mass is 261 g/mol. The zero-order valence-electron chi connectivity index (χ0n) is 10.8. The molecule has 0 atom stereocenters. The quantitative estimate of drug-likeness (QED) is 0.863. The third-order valence-electron chi connectivity index (χ3n) is 2.48. The first-order valence-corrected chi connectivity index (χ1v) is 5.85. The number of amides is 1. The van der Waals surface area contributed by atoms with Gasteiger partial charge < -0.3 is 14.8 Å². The summed E-state index contributed by atoms with van der Waals surface area (Å²) in [5.74, 6) is 0.911. The average molecular weight is 261 g/mol. The van der Waals surface area contributed by atoms with E-state index in [1.165, 1.54) is 13.3 Å². The summed E-state index contributed by atoms with van der Waals surface area (Å²) in [6.07, 6.45) is 3.13. The Morgan fingerprint density at radius 3 is 2.89 bits per heavy atom. The Hall–Kier alpha value is -2.50. The van der Waals surface area contributed by atoms with E-state index in [-0.39, 0.29) is 5.91 Å². The van der Waals surface area contributed by atoms with Gasteiger partial charge in [0.2, 0.25) is 0 Å². The van der Waals surface area contributed by atoms with E-state index >= 15 is 0 Å². The number of carbonyl (C=O) groups excluding carboxylic acids is 1. The molecule has 2 rings (SSSR count). The van der Waals surface area contributed by atoms with E-state index in [9.17, 15) is 4.79 Å². The molecule has 100 valence electrons. The number of hydrogen-bond donors (Lipinski definition) is 2. The lowest BCUT2D eigenvalue weighted by molar-refractivity contribution is 0.102. The molecule has 0 bridgehead atoms. The molecule has 19 heavy (non-hydrogen) atoms. The van der Waals surface area contributed by atoms with Crippen LogP contribution in [0.15, 0.2) is 30.6 Å². The molecule has 0 aliphatic carbocycles. The minimum absolute atomic E-state index is 0.234. The lowest BCUT2D eigenvalue weighted by Crippen LogP contribution is -2.11. The Morgan fingerprint density at radius 2 is 2.26 bits per heavy atom. The number of anilines is 1. The molecule has 2 aromatic rings. The Morgan fingerprint density at radius 1 is 1.42 bits per heavy atom. The predicted octanol–water partition coefficient (Wildman–Crippen LogP) is 2.07. The van der Waals surface area contributed by atoms with E-state index in [1.54, 1.807) is 24.4 Å². The van der Waals surface area contributed by atoms with E-state index in [1.807, 2.05) is 6.92 Å². The van der Waals surface area contributed by atoms with Crippen molar-refractivity contribution < 1.29 is 14.3 Å². The first-order valence-electron chi connectivity index (χ1n) is 5.85. The molecule has 0 fully saturated rings. The Kier molecular flexibility index (Phi) is 4.02. The molecule has 0 radical (unpaired) electrons. The summed E-state index contributed by atoms with van der Waals surface area (Å²) >= 11 is 0. The van der Waals surface area contributed by atoms with Crippen LogP contribution in [0.25, 0.3) is 0 Å². The molecule has 6 nitrogen and oxygen atoms in total. The Bertz CT molecular complexity index is 552. The van der Waals surface area contributed by atoms with Crippen LogP contribution in [0.4, 0.5) is 5.69 Å². The number of aromatic nitrogens is 2. The number of benzene rings is 1. The molecular weight excluding hydrogens is 246 g/mol. The number of H-pyrrole nitrogens is 1. The number of nitrogens with one attached hydrogen (secondary N) is 2. The van der Waals surface area contributed by atoms with Gasteiger partial charge in [0.15, 0.2) is 11.5 Å². The van der Waals surface area contributed by atoms with E-state index < -0.39 is 0 Å². The van der Waals surface area contributed by atoms with Crippen molar-refractivity contribution in [3.05, 3.63) is 36.2 Å². The number of aromatic amines is 1. The standard InChI is InChI=1S/C13H15N3O3/c1-3-19-11-5-4-9(6-12(11)18-2)13(17)16-10-7-14-15-8-10/h4-8H,3H2,1-2H3,(H,14,15)(H,16,17). The molecule has 6 heteroatoms. The molecular formula is C13H15N3O3. The summed E-state index contributed by atoms with van der Waals surface area (Å²) in [6, 6.07) is 5.04. The highest BCUT2D eigenvalue weighted by Gasteiger charge is 2.11. The maximum Gasteiger partial charge on any atom is 0.255 e. The summed E-state index contributed by atoms with van der Waals surface area (Å²) in [5, 5.41) is 9.09. The van der Waals surface area contributed by atoms with Crippen molar-refractivity contribution in [2.75, 3.05) is 19.0 Å². The largest absolute Gasteiger partial charge is 0.493 e. The van der Waals surface area contributed by atoms with Gasteiger partial charge in [-0.2, -0.15) is 5.10 Å². The van der Waals surface area contributed by atoms with Crippen molar-refractivity contribution in [2.24, 2.45) is 0 Å². The normalized spacial score (nSPS) is 10.0. The SMILES string of the molecule is CCOc1ccc(C(=O)Nc2cn[nH]c2)cc1OC. The molecule has 1 aromatic heterocycles. The van der Waals surface area contributed by atoms with Crippen LogP contribution in [0, 0.1) is 0 Å². The number of hydrogen-bond acceptors (Lipinski definition) is 4. The van der Waals surface area contributed by atoms with E-state index in [0.717, 1.165) is 0 Å². The van der Waals surface area contributed by atoms with Gasteiger partial charge in [-0.25, -0.2) is 0 Å². The molecule has 0 unspecified atom stereocenters. The topological polar surface area (TPSA) is 76.2 Å². The van der Waals surface area contributed by atoms with E-state index in [0.29, 0.717) is 29.4 Å². The molecule has 0 aliphatic rings. The van der Waals surface area contributed by atoms with Gasteiger partial charge in [0.25, 0.3) is 5.91 Å². The van der Waals surface area contributed by atoms with Crippen molar-refractivity contribution in [3.8, 4) is 11.5 Å². The molecule has 2 N–H and O–H groups in total. The number of carbonyl (C=O) groups is 1. The predicted molar refractivity (Wildman–Crippen MR) is 70.7 cm³/mol. The van der Waals surface area contributed by atoms with E-state index in [4.69, 9.17) is 9.47 Å². The highest BCUT2D eigenvalue weighted by molar-refractivity contribution is 6.04. The zero-order chi connectivity index (χ0) is 13.7. The summed E-state index contributed by atoms with van der Waals surface area (Å²) in [7, 11) is 1.54.